The molecule has 2 rings (SSSR count). The normalized spacial score (nSPS) is 32.4. The summed E-state index contributed by atoms with van der Waals surface area (Å²) in [6.07, 6.45) is 6.94. The smallest absolute Gasteiger partial charge is 0.0249 e. The molecule has 0 amide bonds. The average molecular weight is 224 g/mol. The van der Waals surface area contributed by atoms with Gasteiger partial charge in [0.2, 0.25) is 0 Å². The van der Waals surface area contributed by atoms with E-state index in [1.165, 1.54) is 51.7 Å². The van der Waals surface area contributed by atoms with Crippen molar-refractivity contribution in [2.75, 3.05) is 19.6 Å². The molecule has 2 heterocycles. The van der Waals surface area contributed by atoms with Crippen LogP contribution in [-0.2, 0) is 0 Å². The van der Waals surface area contributed by atoms with Gasteiger partial charge in [-0.3, -0.25) is 4.90 Å². The lowest BCUT2D eigenvalue weighted by molar-refractivity contribution is 0.186. The van der Waals surface area contributed by atoms with E-state index < -0.39 is 0 Å². The fourth-order valence-corrected chi connectivity index (χ4v) is 3.10. The highest BCUT2D eigenvalue weighted by Crippen LogP contribution is 2.27. The second kappa shape index (κ2) is 5.05. The maximum atomic E-state index is 3.68. The van der Waals surface area contributed by atoms with Crippen molar-refractivity contribution in [1.82, 2.24) is 10.2 Å². The Morgan fingerprint density at radius 2 is 2.00 bits per heavy atom. The van der Waals surface area contributed by atoms with Crippen LogP contribution in [0, 0.1) is 5.41 Å². The molecule has 2 aliphatic rings. The van der Waals surface area contributed by atoms with Gasteiger partial charge in [-0.15, -0.1) is 0 Å². The van der Waals surface area contributed by atoms with Gasteiger partial charge < -0.3 is 5.32 Å². The van der Waals surface area contributed by atoms with Crippen molar-refractivity contribution in [2.45, 2.75) is 65.0 Å². The van der Waals surface area contributed by atoms with E-state index in [0.29, 0.717) is 5.41 Å². The van der Waals surface area contributed by atoms with Crippen molar-refractivity contribution in [2.24, 2.45) is 5.41 Å². The summed E-state index contributed by atoms with van der Waals surface area (Å²) in [5.74, 6) is 0. The summed E-state index contributed by atoms with van der Waals surface area (Å²) in [6.45, 7) is 10.9. The van der Waals surface area contributed by atoms with Gasteiger partial charge in [0.25, 0.3) is 0 Å². The first-order valence-electron chi connectivity index (χ1n) is 7.04. The Morgan fingerprint density at radius 3 is 2.62 bits per heavy atom. The van der Waals surface area contributed by atoms with E-state index >= 15 is 0 Å². The Morgan fingerprint density at radius 1 is 1.19 bits per heavy atom. The van der Waals surface area contributed by atoms with Gasteiger partial charge in [0.15, 0.2) is 0 Å². The average Bonchev–Trinajstić information content (AvgIpc) is 2.84. The van der Waals surface area contributed by atoms with Crippen molar-refractivity contribution in [3.63, 3.8) is 0 Å². The monoisotopic (exact) mass is 224 g/mol. The van der Waals surface area contributed by atoms with Gasteiger partial charge in [0, 0.05) is 12.1 Å². The van der Waals surface area contributed by atoms with Gasteiger partial charge in [0.05, 0.1) is 0 Å². The number of hydrogen-bond donors (Lipinski definition) is 1. The molecular formula is C14H28N2. The largest absolute Gasteiger partial charge is 0.312 e. The molecule has 2 heteroatoms. The van der Waals surface area contributed by atoms with E-state index in [0.717, 1.165) is 12.1 Å². The summed E-state index contributed by atoms with van der Waals surface area (Å²) in [6, 6.07) is 1.63. The second-order valence-corrected chi connectivity index (χ2v) is 6.76. The molecule has 2 unspecified atom stereocenters. The lowest BCUT2D eigenvalue weighted by Gasteiger charge is -2.31. The van der Waals surface area contributed by atoms with Gasteiger partial charge in [-0.1, -0.05) is 20.8 Å². The topological polar surface area (TPSA) is 15.3 Å². The number of nitrogens with zero attached hydrogens (tertiary/aromatic N) is 1. The molecule has 0 aromatic carbocycles. The molecule has 16 heavy (non-hydrogen) atoms. The summed E-state index contributed by atoms with van der Waals surface area (Å²) in [4.78, 5) is 2.74. The van der Waals surface area contributed by atoms with E-state index in [4.69, 9.17) is 0 Å². The van der Waals surface area contributed by atoms with Crippen LogP contribution in [0.3, 0.4) is 0 Å². The van der Waals surface area contributed by atoms with Crippen LogP contribution in [0.2, 0.25) is 0 Å². The quantitative estimate of drug-likeness (QED) is 0.793. The third-order valence-electron chi connectivity index (χ3n) is 4.13. The lowest BCUT2D eigenvalue weighted by Crippen LogP contribution is -2.44. The van der Waals surface area contributed by atoms with E-state index in [1.807, 2.05) is 0 Å². The molecule has 0 aromatic rings. The minimum atomic E-state index is 0.482. The maximum absolute atomic E-state index is 3.68. The van der Waals surface area contributed by atoms with Gasteiger partial charge in [-0.05, 0) is 57.2 Å². The molecular weight excluding hydrogens is 196 g/mol. The van der Waals surface area contributed by atoms with Crippen LogP contribution in [0.4, 0.5) is 0 Å². The van der Waals surface area contributed by atoms with Crippen LogP contribution in [0.15, 0.2) is 0 Å². The van der Waals surface area contributed by atoms with Crippen molar-refractivity contribution >= 4 is 0 Å². The van der Waals surface area contributed by atoms with Crippen molar-refractivity contribution in [3.05, 3.63) is 0 Å². The Bertz CT molecular complexity index is 213. The SMILES string of the molecule is CC(C)(C)CCN1CCCC1C1CCCN1. The zero-order valence-corrected chi connectivity index (χ0v) is 11.3. The molecule has 2 aliphatic heterocycles. The van der Waals surface area contributed by atoms with Gasteiger partial charge >= 0.3 is 0 Å². The zero-order valence-electron chi connectivity index (χ0n) is 11.3. The number of rotatable bonds is 3. The summed E-state index contributed by atoms with van der Waals surface area (Å²) in [7, 11) is 0. The highest BCUT2D eigenvalue weighted by molar-refractivity contribution is 4.92. The summed E-state index contributed by atoms with van der Waals surface area (Å²) >= 11 is 0. The van der Waals surface area contributed by atoms with E-state index in [1.54, 1.807) is 0 Å². The molecule has 0 radical (unpaired) electrons. The highest BCUT2D eigenvalue weighted by atomic mass is 15.2. The molecule has 94 valence electrons. The van der Waals surface area contributed by atoms with Crippen molar-refractivity contribution in [1.29, 1.82) is 0 Å². The molecule has 2 atom stereocenters. The molecule has 0 saturated carbocycles. The Balaban J connectivity index is 1.83. The lowest BCUT2D eigenvalue weighted by atomic mass is 9.92. The van der Waals surface area contributed by atoms with Crippen LogP contribution in [0.5, 0.6) is 0 Å². The fraction of sp³-hybridized carbons (Fsp3) is 1.00. The molecule has 2 saturated heterocycles. The number of likely N-dealkylation sites (tertiary alicyclic amines) is 1. The second-order valence-electron chi connectivity index (χ2n) is 6.76. The fourth-order valence-electron chi connectivity index (χ4n) is 3.10. The van der Waals surface area contributed by atoms with E-state index in [2.05, 4.69) is 31.0 Å². The summed E-state index contributed by atoms with van der Waals surface area (Å²) < 4.78 is 0. The molecule has 1 N–H and O–H groups in total. The van der Waals surface area contributed by atoms with Crippen molar-refractivity contribution < 1.29 is 0 Å². The predicted octanol–water partition coefficient (Wildman–Crippen LogP) is 2.64. The number of hydrogen-bond acceptors (Lipinski definition) is 2. The minimum Gasteiger partial charge on any atom is -0.312 e. The first kappa shape index (κ1) is 12.4. The van der Waals surface area contributed by atoms with Crippen LogP contribution >= 0.6 is 0 Å². The van der Waals surface area contributed by atoms with Gasteiger partial charge in [-0.2, -0.15) is 0 Å². The van der Waals surface area contributed by atoms with Crippen molar-refractivity contribution in [3.8, 4) is 0 Å². The molecule has 0 aromatic heterocycles. The predicted molar refractivity (Wildman–Crippen MR) is 69.7 cm³/mol. The van der Waals surface area contributed by atoms with Crippen LogP contribution < -0.4 is 5.32 Å². The van der Waals surface area contributed by atoms with Crippen LogP contribution in [0.25, 0.3) is 0 Å². The first-order chi connectivity index (χ1) is 7.56. The number of nitrogens with one attached hydrogen (secondary N) is 1. The Hall–Kier alpha value is -0.0800. The van der Waals surface area contributed by atoms with Gasteiger partial charge in [0.1, 0.15) is 0 Å². The van der Waals surface area contributed by atoms with E-state index in [-0.39, 0.29) is 0 Å². The maximum Gasteiger partial charge on any atom is 0.0249 e. The standard InChI is InChI=1S/C14H28N2/c1-14(2,3)8-11-16-10-5-7-13(16)12-6-4-9-15-12/h12-13,15H,4-11H2,1-3H3. The van der Waals surface area contributed by atoms with Gasteiger partial charge in [-0.25, -0.2) is 0 Å². The van der Waals surface area contributed by atoms with E-state index in [9.17, 15) is 0 Å². The molecule has 0 spiro atoms. The third kappa shape index (κ3) is 3.21. The zero-order chi connectivity index (χ0) is 11.6. The molecule has 2 fully saturated rings. The molecule has 2 nitrogen and oxygen atoms in total. The molecule has 0 aliphatic carbocycles. The van der Waals surface area contributed by atoms with Crippen LogP contribution in [-0.4, -0.2) is 36.6 Å². The summed E-state index contributed by atoms with van der Waals surface area (Å²) in [5.41, 5.74) is 0.482. The molecule has 0 bridgehead atoms. The Labute approximate surface area is 101 Å². The third-order valence-corrected chi connectivity index (χ3v) is 4.13. The highest BCUT2D eigenvalue weighted by Gasteiger charge is 2.33. The van der Waals surface area contributed by atoms with Crippen LogP contribution in [0.1, 0.15) is 52.9 Å². The minimum absolute atomic E-state index is 0.482. The first-order valence-corrected chi connectivity index (χ1v) is 7.04. The Kier molecular flexibility index (Phi) is 3.91. The summed E-state index contributed by atoms with van der Waals surface area (Å²) in [5, 5.41) is 3.68.